The van der Waals surface area contributed by atoms with Gasteiger partial charge in [-0.2, -0.15) is 11.3 Å². The number of halogens is 1. The summed E-state index contributed by atoms with van der Waals surface area (Å²) in [6.07, 6.45) is 2.95. The lowest BCUT2D eigenvalue weighted by molar-refractivity contribution is 0.0941. The van der Waals surface area contributed by atoms with E-state index in [-0.39, 0.29) is 5.91 Å². The Morgan fingerprint density at radius 2 is 2.39 bits per heavy atom. The Bertz CT molecular complexity index is 519. The molecule has 2 rings (SSSR count). The van der Waals surface area contributed by atoms with Gasteiger partial charge in [0.15, 0.2) is 0 Å². The van der Waals surface area contributed by atoms with Gasteiger partial charge in [-0.15, -0.1) is 0 Å². The van der Waals surface area contributed by atoms with Crippen molar-refractivity contribution in [1.29, 1.82) is 0 Å². The van der Waals surface area contributed by atoms with Crippen LogP contribution in [0.2, 0.25) is 0 Å². The number of aromatic nitrogens is 1. The van der Waals surface area contributed by atoms with Gasteiger partial charge in [0.1, 0.15) is 5.69 Å². The molecule has 1 amide bonds. The fourth-order valence-electron chi connectivity index (χ4n) is 1.76. The van der Waals surface area contributed by atoms with Crippen molar-refractivity contribution in [1.82, 2.24) is 9.88 Å². The summed E-state index contributed by atoms with van der Waals surface area (Å²) in [5.74, 6) is -0.0275. The van der Waals surface area contributed by atoms with Crippen molar-refractivity contribution in [3.8, 4) is 0 Å². The van der Waals surface area contributed by atoms with E-state index in [0.717, 1.165) is 23.0 Å². The average molecular weight is 327 g/mol. The first-order valence-electron chi connectivity index (χ1n) is 5.85. The molecule has 2 heterocycles. The summed E-state index contributed by atoms with van der Waals surface area (Å²) in [4.78, 5) is 12.1. The summed E-state index contributed by atoms with van der Waals surface area (Å²) in [5, 5.41) is 6.99. The number of amides is 1. The van der Waals surface area contributed by atoms with Gasteiger partial charge in [-0.1, -0.05) is 6.92 Å². The van der Waals surface area contributed by atoms with Crippen LogP contribution in [0.3, 0.4) is 0 Å². The third-order valence-corrected chi connectivity index (χ3v) is 3.76. The van der Waals surface area contributed by atoms with Crippen LogP contribution in [0.5, 0.6) is 0 Å². The van der Waals surface area contributed by atoms with E-state index in [1.807, 2.05) is 33.7 Å². The van der Waals surface area contributed by atoms with Gasteiger partial charge in [-0.05, 0) is 50.8 Å². The minimum atomic E-state index is -0.0275. The van der Waals surface area contributed by atoms with E-state index >= 15 is 0 Å². The fourth-order valence-corrected chi connectivity index (χ4v) is 2.89. The van der Waals surface area contributed by atoms with Gasteiger partial charge in [-0.25, -0.2) is 0 Å². The summed E-state index contributed by atoms with van der Waals surface area (Å²) in [7, 11) is 0. The van der Waals surface area contributed by atoms with Gasteiger partial charge in [0, 0.05) is 23.8 Å². The van der Waals surface area contributed by atoms with Crippen LogP contribution in [0.1, 0.15) is 29.4 Å². The Morgan fingerprint density at radius 3 is 3.06 bits per heavy atom. The largest absolute Gasteiger partial charge is 0.347 e. The predicted molar refractivity (Wildman–Crippen MR) is 77.9 cm³/mol. The highest BCUT2D eigenvalue weighted by Gasteiger charge is 2.12. The average Bonchev–Trinajstić information content (AvgIpc) is 2.96. The maximum atomic E-state index is 12.1. The molecule has 0 aliphatic carbocycles. The van der Waals surface area contributed by atoms with Crippen LogP contribution in [-0.2, 0) is 13.1 Å². The monoisotopic (exact) mass is 326 g/mol. The molecule has 5 heteroatoms. The molecule has 0 aliphatic rings. The molecule has 96 valence electrons. The zero-order chi connectivity index (χ0) is 13.0. The maximum Gasteiger partial charge on any atom is 0.268 e. The molecule has 0 radical (unpaired) electrons. The zero-order valence-corrected chi connectivity index (χ0v) is 12.6. The van der Waals surface area contributed by atoms with Gasteiger partial charge >= 0.3 is 0 Å². The molecule has 0 saturated carbocycles. The second kappa shape index (κ2) is 6.20. The quantitative estimate of drug-likeness (QED) is 0.894. The third kappa shape index (κ3) is 3.23. The Kier molecular flexibility index (Phi) is 4.60. The number of carbonyl (C=O) groups is 1. The van der Waals surface area contributed by atoms with Gasteiger partial charge in [0.2, 0.25) is 0 Å². The Balaban J connectivity index is 2.03. The van der Waals surface area contributed by atoms with Crippen LogP contribution in [-0.4, -0.2) is 10.5 Å². The van der Waals surface area contributed by atoms with Crippen LogP contribution in [0.4, 0.5) is 0 Å². The molecule has 0 fully saturated rings. The number of thiophene rings is 1. The topological polar surface area (TPSA) is 34.0 Å². The molecule has 0 aliphatic heterocycles. The smallest absolute Gasteiger partial charge is 0.268 e. The third-order valence-electron chi connectivity index (χ3n) is 2.59. The van der Waals surface area contributed by atoms with E-state index in [9.17, 15) is 4.79 Å². The molecule has 0 spiro atoms. The molecule has 0 saturated heterocycles. The number of hydrogen-bond donors (Lipinski definition) is 1. The van der Waals surface area contributed by atoms with E-state index in [1.165, 1.54) is 0 Å². The van der Waals surface area contributed by atoms with Crippen molar-refractivity contribution in [2.24, 2.45) is 0 Å². The molecule has 18 heavy (non-hydrogen) atoms. The number of nitrogens with zero attached hydrogens (tertiary/aromatic N) is 1. The summed E-state index contributed by atoms with van der Waals surface area (Å²) in [6.45, 7) is 3.53. The van der Waals surface area contributed by atoms with Crippen molar-refractivity contribution >= 4 is 33.2 Å². The highest BCUT2D eigenvalue weighted by Crippen LogP contribution is 2.16. The normalized spacial score (nSPS) is 10.6. The van der Waals surface area contributed by atoms with Crippen molar-refractivity contribution in [3.63, 3.8) is 0 Å². The number of carbonyl (C=O) groups excluding carboxylic acids is 1. The lowest BCUT2D eigenvalue weighted by Gasteiger charge is -2.07. The number of hydrogen-bond acceptors (Lipinski definition) is 2. The summed E-state index contributed by atoms with van der Waals surface area (Å²) in [6, 6.07) is 3.88. The first-order chi connectivity index (χ1) is 8.70. The van der Waals surface area contributed by atoms with E-state index in [2.05, 4.69) is 28.2 Å². The minimum absolute atomic E-state index is 0.0275. The molecule has 3 nitrogen and oxygen atoms in total. The molecule has 2 aromatic rings. The van der Waals surface area contributed by atoms with Crippen molar-refractivity contribution in [2.45, 2.75) is 26.4 Å². The van der Waals surface area contributed by atoms with E-state index in [4.69, 9.17) is 0 Å². The molecule has 0 unspecified atom stereocenters. The number of aryl methyl sites for hydroxylation is 1. The second-order valence-electron chi connectivity index (χ2n) is 4.05. The molecule has 0 bridgehead atoms. The molecular weight excluding hydrogens is 312 g/mol. The van der Waals surface area contributed by atoms with Crippen LogP contribution in [0.15, 0.2) is 33.6 Å². The molecule has 1 N–H and O–H groups in total. The van der Waals surface area contributed by atoms with E-state index < -0.39 is 0 Å². The van der Waals surface area contributed by atoms with Crippen molar-refractivity contribution in [2.75, 3.05) is 0 Å². The maximum absolute atomic E-state index is 12.1. The van der Waals surface area contributed by atoms with Crippen molar-refractivity contribution < 1.29 is 4.79 Å². The van der Waals surface area contributed by atoms with Crippen LogP contribution < -0.4 is 5.32 Å². The number of rotatable bonds is 5. The minimum Gasteiger partial charge on any atom is -0.347 e. The summed E-state index contributed by atoms with van der Waals surface area (Å²) < 4.78 is 2.92. The SMILES string of the molecule is CCCn1cc(Br)cc1C(=O)NCc1ccsc1. The second-order valence-corrected chi connectivity index (χ2v) is 5.75. The fraction of sp³-hybridized carbons (Fsp3) is 0.308. The summed E-state index contributed by atoms with van der Waals surface area (Å²) >= 11 is 5.05. The van der Waals surface area contributed by atoms with E-state index in [0.29, 0.717) is 12.2 Å². The predicted octanol–water partition coefficient (Wildman–Crippen LogP) is 3.65. The number of nitrogens with one attached hydrogen (secondary N) is 1. The van der Waals surface area contributed by atoms with Crippen LogP contribution >= 0.6 is 27.3 Å². The molecular formula is C13H15BrN2OS. The Morgan fingerprint density at radius 1 is 1.56 bits per heavy atom. The van der Waals surface area contributed by atoms with Gasteiger partial charge in [-0.3, -0.25) is 4.79 Å². The Labute approximate surface area is 119 Å². The van der Waals surface area contributed by atoms with Crippen molar-refractivity contribution in [3.05, 3.63) is 44.8 Å². The first kappa shape index (κ1) is 13.4. The highest BCUT2D eigenvalue weighted by molar-refractivity contribution is 9.10. The highest BCUT2D eigenvalue weighted by atomic mass is 79.9. The lowest BCUT2D eigenvalue weighted by Crippen LogP contribution is -2.25. The van der Waals surface area contributed by atoms with E-state index in [1.54, 1.807) is 11.3 Å². The zero-order valence-electron chi connectivity index (χ0n) is 10.1. The molecule has 0 atom stereocenters. The molecule has 0 aromatic carbocycles. The summed E-state index contributed by atoms with van der Waals surface area (Å²) in [5.41, 5.74) is 1.85. The molecule has 2 aromatic heterocycles. The van der Waals surface area contributed by atoms with Gasteiger partial charge < -0.3 is 9.88 Å². The first-order valence-corrected chi connectivity index (χ1v) is 7.59. The standard InChI is InChI=1S/C13H15BrN2OS/c1-2-4-16-8-11(14)6-12(16)13(17)15-7-10-3-5-18-9-10/h3,5-6,8-9H,2,4,7H2,1H3,(H,15,17). The lowest BCUT2D eigenvalue weighted by atomic mass is 10.3. The van der Waals surface area contributed by atoms with Gasteiger partial charge in [0.25, 0.3) is 5.91 Å². The van der Waals surface area contributed by atoms with Gasteiger partial charge in [0.05, 0.1) is 0 Å². The van der Waals surface area contributed by atoms with Crippen LogP contribution in [0.25, 0.3) is 0 Å². The Hall–Kier alpha value is -1.07. The van der Waals surface area contributed by atoms with Crippen LogP contribution in [0, 0.1) is 0 Å².